The van der Waals surface area contributed by atoms with Gasteiger partial charge in [0.05, 0.1) is 5.30 Å². The molecule has 170 valence electrons. The summed E-state index contributed by atoms with van der Waals surface area (Å²) in [5.41, 5.74) is 2.07. The van der Waals surface area contributed by atoms with Crippen molar-refractivity contribution in [3.8, 4) is 0 Å². The van der Waals surface area contributed by atoms with E-state index in [0.717, 1.165) is 5.56 Å². The quantitative estimate of drug-likeness (QED) is 0.234. The van der Waals surface area contributed by atoms with E-state index >= 15 is 0 Å². The molecule has 1 unspecified atom stereocenters. The Morgan fingerprint density at radius 2 is 1.97 bits per heavy atom. The van der Waals surface area contributed by atoms with Gasteiger partial charge in [-0.25, -0.2) is 0 Å². The lowest BCUT2D eigenvalue weighted by Crippen LogP contribution is -2.31. The molecular weight excluding hydrogens is 484 g/mol. The number of aromatic amines is 1. The summed E-state index contributed by atoms with van der Waals surface area (Å²) in [6, 6.07) is 13.4. The fraction of sp³-hybridized carbons (Fsp3) is 0.130. The maximum atomic E-state index is 14.4. The molecule has 0 radical (unpaired) electrons. The van der Waals surface area contributed by atoms with Crippen LogP contribution in [0, 0.1) is 12.1 Å². The van der Waals surface area contributed by atoms with E-state index in [4.69, 9.17) is 27.7 Å². The molecule has 0 fully saturated rings. The molecule has 0 aliphatic carbocycles. The van der Waals surface area contributed by atoms with Crippen LogP contribution in [0.5, 0.6) is 0 Å². The summed E-state index contributed by atoms with van der Waals surface area (Å²) < 4.78 is 20.6. The van der Waals surface area contributed by atoms with Crippen molar-refractivity contribution in [2.45, 2.75) is 13.5 Å². The summed E-state index contributed by atoms with van der Waals surface area (Å²) in [6.07, 6.45) is 2.72. The van der Waals surface area contributed by atoms with E-state index in [-0.39, 0.29) is 17.5 Å². The number of pyridine rings is 1. The van der Waals surface area contributed by atoms with Crippen molar-refractivity contribution in [3.05, 3.63) is 93.0 Å². The third-order valence-electron chi connectivity index (χ3n) is 5.17. The van der Waals surface area contributed by atoms with Gasteiger partial charge in [0.2, 0.25) is 0 Å². The van der Waals surface area contributed by atoms with Gasteiger partial charge in [-0.2, -0.15) is 4.73 Å². The largest absolute Gasteiger partial charge is 0.619 e. The van der Waals surface area contributed by atoms with Gasteiger partial charge in [0.25, 0.3) is 13.3 Å². The lowest BCUT2D eigenvalue weighted by molar-refractivity contribution is -0.605. The van der Waals surface area contributed by atoms with Crippen molar-refractivity contribution in [2.75, 3.05) is 7.11 Å². The Hall–Kier alpha value is -2.83. The normalized spacial score (nSPS) is 13.1. The van der Waals surface area contributed by atoms with Gasteiger partial charge in [-0.3, -0.25) is 9.36 Å². The SMILES string of the molecule is COP(=O)(c1cc(C)cc(Cl)c1)c1c(C(=O)NCc2ccc[n+]([O-])c2)[nH]c2ccc(Cl)cc12. The highest BCUT2D eigenvalue weighted by Crippen LogP contribution is 2.47. The Morgan fingerprint density at radius 3 is 2.67 bits per heavy atom. The molecule has 1 atom stereocenters. The van der Waals surface area contributed by atoms with Gasteiger partial charge in [-0.15, -0.1) is 0 Å². The number of fused-ring (bicyclic) bond motifs is 1. The van der Waals surface area contributed by atoms with Crippen LogP contribution in [-0.2, 0) is 15.6 Å². The number of carbonyl (C=O) groups is 1. The molecule has 4 rings (SSSR count). The molecule has 2 aromatic heterocycles. The average molecular weight is 504 g/mol. The van der Waals surface area contributed by atoms with Crippen LogP contribution in [-0.4, -0.2) is 18.0 Å². The summed E-state index contributed by atoms with van der Waals surface area (Å²) in [5.74, 6) is -0.505. The number of halogens is 2. The van der Waals surface area contributed by atoms with Crippen LogP contribution >= 0.6 is 30.6 Å². The Kier molecular flexibility index (Phi) is 6.50. The van der Waals surface area contributed by atoms with Crippen LogP contribution in [0.25, 0.3) is 10.9 Å². The standard InChI is InChI=1S/C23H20Cl2N3O4P/c1-14-8-17(25)10-18(9-14)33(31,32-2)22-19-11-16(24)5-6-20(19)27-21(22)23(29)26-12-15-4-3-7-28(30)13-15/h3-11,13,27H,12H2,1-2H3,(H,26,29). The third kappa shape index (κ3) is 4.63. The monoisotopic (exact) mass is 503 g/mol. The van der Waals surface area contributed by atoms with Crippen LogP contribution in [0.1, 0.15) is 21.6 Å². The Labute approximate surface area is 200 Å². The van der Waals surface area contributed by atoms with Crippen molar-refractivity contribution >= 4 is 58.0 Å². The van der Waals surface area contributed by atoms with Crippen molar-refractivity contribution in [2.24, 2.45) is 0 Å². The highest BCUT2D eigenvalue weighted by molar-refractivity contribution is 7.75. The summed E-state index contributed by atoms with van der Waals surface area (Å²) in [4.78, 5) is 16.3. The lowest BCUT2D eigenvalue weighted by atomic mass is 10.2. The molecule has 10 heteroatoms. The number of aryl methyl sites for hydroxylation is 1. The molecule has 2 heterocycles. The first-order chi connectivity index (χ1) is 15.7. The topological polar surface area (TPSA) is 98.1 Å². The highest BCUT2D eigenvalue weighted by Gasteiger charge is 2.36. The maximum absolute atomic E-state index is 14.4. The predicted octanol–water partition coefficient (Wildman–Crippen LogP) is 4.22. The summed E-state index contributed by atoms with van der Waals surface area (Å²) >= 11 is 12.5. The molecule has 0 aliphatic heterocycles. The number of rotatable bonds is 6. The molecule has 0 bridgehead atoms. The highest BCUT2D eigenvalue weighted by atomic mass is 35.5. The van der Waals surface area contributed by atoms with Crippen molar-refractivity contribution in [1.82, 2.24) is 10.3 Å². The van der Waals surface area contributed by atoms with Crippen LogP contribution in [0.3, 0.4) is 0 Å². The van der Waals surface area contributed by atoms with Gasteiger partial charge in [-0.05, 0) is 55.0 Å². The fourth-order valence-corrected chi connectivity index (χ4v) is 6.54. The van der Waals surface area contributed by atoms with E-state index in [1.54, 1.807) is 48.5 Å². The second kappa shape index (κ2) is 9.20. The van der Waals surface area contributed by atoms with E-state index in [1.165, 1.54) is 19.5 Å². The number of hydrogen-bond donors (Lipinski definition) is 2. The van der Waals surface area contributed by atoms with Gasteiger partial charge < -0.3 is 20.0 Å². The number of carbonyl (C=O) groups excluding carboxylic acids is 1. The van der Waals surface area contributed by atoms with Gasteiger partial charge in [-0.1, -0.05) is 23.2 Å². The minimum absolute atomic E-state index is 0.0843. The summed E-state index contributed by atoms with van der Waals surface area (Å²) in [5, 5.41) is 16.2. The summed E-state index contributed by atoms with van der Waals surface area (Å²) in [7, 11) is -2.43. The molecular formula is C23H20Cl2N3O4P. The third-order valence-corrected chi connectivity index (χ3v) is 8.13. The molecule has 1 amide bonds. The second-order valence-corrected chi connectivity index (χ2v) is 10.8. The minimum atomic E-state index is -3.76. The van der Waals surface area contributed by atoms with Crippen LogP contribution in [0.15, 0.2) is 60.9 Å². The van der Waals surface area contributed by atoms with Crippen molar-refractivity contribution in [1.29, 1.82) is 0 Å². The Bertz CT molecular complexity index is 1400. The van der Waals surface area contributed by atoms with Gasteiger partial charge in [0, 0.05) is 51.5 Å². The lowest BCUT2D eigenvalue weighted by Gasteiger charge is -2.19. The molecule has 0 saturated carbocycles. The molecule has 33 heavy (non-hydrogen) atoms. The number of nitrogens with zero attached hydrogens (tertiary/aromatic N) is 1. The smallest absolute Gasteiger partial charge is 0.268 e. The molecule has 2 aromatic carbocycles. The Balaban J connectivity index is 1.85. The minimum Gasteiger partial charge on any atom is -0.619 e. The molecule has 0 aliphatic rings. The first kappa shape index (κ1) is 23.3. The van der Waals surface area contributed by atoms with E-state index in [9.17, 15) is 14.6 Å². The van der Waals surface area contributed by atoms with Gasteiger partial charge in [0.1, 0.15) is 5.69 Å². The molecule has 4 aromatic rings. The zero-order valence-electron chi connectivity index (χ0n) is 17.8. The van der Waals surface area contributed by atoms with Gasteiger partial charge >= 0.3 is 0 Å². The van der Waals surface area contributed by atoms with E-state index < -0.39 is 13.3 Å². The van der Waals surface area contributed by atoms with Crippen LogP contribution < -0.4 is 20.7 Å². The first-order valence-corrected chi connectivity index (χ1v) is 12.3. The van der Waals surface area contributed by atoms with Crippen molar-refractivity contribution < 1.29 is 18.6 Å². The number of H-pyrrole nitrogens is 1. The van der Waals surface area contributed by atoms with E-state index in [1.807, 2.05) is 6.92 Å². The van der Waals surface area contributed by atoms with E-state index in [0.29, 0.717) is 36.5 Å². The van der Waals surface area contributed by atoms with Crippen LogP contribution in [0.2, 0.25) is 10.0 Å². The van der Waals surface area contributed by atoms with Crippen molar-refractivity contribution in [3.63, 3.8) is 0 Å². The Morgan fingerprint density at radius 1 is 1.18 bits per heavy atom. The second-order valence-electron chi connectivity index (χ2n) is 7.51. The van der Waals surface area contributed by atoms with Crippen LogP contribution in [0.4, 0.5) is 0 Å². The van der Waals surface area contributed by atoms with Gasteiger partial charge in [0.15, 0.2) is 12.4 Å². The number of nitrogens with one attached hydrogen (secondary N) is 2. The number of aromatic nitrogens is 2. The molecule has 0 saturated heterocycles. The average Bonchev–Trinajstić information content (AvgIpc) is 3.15. The number of amides is 1. The summed E-state index contributed by atoms with van der Waals surface area (Å²) in [6.45, 7) is 1.93. The number of hydrogen-bond acceptors (Lipinski definition) is 4. The number of benzene rings is 2. The zero-order chi connectivity index (χ0) is 23.8. The molecule has 2 N–H and O–H groups in total. The zero-order valence-corrected chi connectivity index (χ0v) is 20.2. The molecule has 7 nitrogen and oxygen atoms in total. The maximum Gasteiger partial charge on any atom is 0.268 e. The predicted molar refractivity (Wildman–Crippen MR) is 130 cm³/mol. The fourth-order valence-electron chi connectivity index (χ4n) is 3.71. The molecule has 0 spiro atoms. The first-order valence-electron chi connectivity index (χ1n) is 9.92. The van der Waals surface area contributed by atoms with E-state index in [2.05, 4.69) is 10.3 Å².